The molecule has 0 aliphatic carbocycles. The summed E-state index contributed by atoms with van der Waals surface area (Å²) in [6.07, 6.45) is 2.02. The van der Waals surface area contributed by atoms with E-state index in [9.17, 15) is 14.9 Å². The van der Waals surface area contributed by atoms with Crippen molar-refractivity contribution in [1.29, 1.82) is 0 Å². The van der Waals surface area contributed by atoms with Crippen molar-refractivity contribution >= 4 is 11.6 Å². The first-order valence-corrected chi connectivity index (χ1v) is 5.82. The molecule has 0 aromatic heterocycles. The Labute approximate surface area is 104 Å². The van der Waals surface area contributed by atoms with Crippen molar-refractivity contribution in [2.24, 2.45) is 0 Å². The van der Waals surface area contributed by atoms with Gasteiger partial charge < -0.3 is 9.64 Å². The van der Waals surface area contributed by atoms with Crippen LogP contribution in [0.3, 0.4) is 0 Å². The number of para-hydroxylation sites is 2. The van der Waals surface area contributed by atoms with E-state index >= 15 is 0 Å². The van der Waals surface area contributed by atoms with Gasteiger partial charge in [0.1, 0.15) is 0 Å². The Morgan fingerprint density at radius 3 is 2.67 bits per heavy atom. The van der Waals surface area contributed by atoms with E-state index in [0.717, 1.165) is 25.9 Å². The standard InChI is InChI=1S/C12H14N2O4/c15-12(13-7-3-4-8-13)9-18-11-6-2-1-5-10(11)14(16)17/h1-2,5-6H,3-4,7-9H2. The number of nitro groups is 1. The first-order valence-electron chi connectivity index (χ1n) is 5.82. The van der Waals surface area contributed by atoms with Gasteiger partial charge in [0.05, 0.1) is 4.92 Å². The van der Waals surface area contributed by atoms with Crippen molar-refractivity contribution in [3.8, 4) is 5.75 Å². The van der Waals surface area contributed by atoms with E-state index in [1.807, 2.05) is 0 Å². The van der Waals surface area contributed by atoms with E-state index < -0.39 is 4.92 Å². The molecular weight excluding hydrogens is 236 g/mol. The zero-order chi connectivity index (χ0) is 13.0. The Kier molecular flexibility index (Phi) is 3.76. The number of amides is 1. The molecule has 0 saturated carbocycles. The predicted octanol–water partition coefficient (Wildman–Crippen LogP) is 1.60. The lowest BCUT2D eigenvalue weighted by Crippen LogP contribution is -2.32. The summed E-state index contributed by atoms with van der Waals surface area (Å²) in [6, 6.07) is 6.06. The molecule has 1 aliphatic heterocycles. The third kappa shape index (κ3) is 2.77. The smallest absolute Gasteiger partial charge is 0.310 e. The minimum atomic E-state index is -0.518. The fraction of sp³-hybridized carbons (Fsp3) is 0.417. The highest BCUT2D eigenvalue weighted by Crippen LogP contribution is 2.25. The van der Waals surface area contributed by atoms with Crippen molar-refractivity contribution in [1.82, 2.24) is 4.90 Å². The lowest BCUT2D eigenvalue weighted by atomic mass is 10.3. The first kappa shape index (κ1) is 12.3. The van der Waals surface area contributed by atoms with Crippen molar-refractivity contribution < 1.29 is 14.5 Å². The van der Waals surface area contributed by atoms with Crippen LogP contribution in [0.2, 0.25) is 0 Å². The van der Waals surface area contributed by atoms with Gasteiger partial charge in [0.15, 0.2) is 12.4 Å². The van der Waals surface area contributed by atoms with E-state index in [1.54, 1.807) is 17.0 Å². The SMILES string of the molecule is O=C(COc1ccccc1[N+](=O)[O-])N1CCCC1. The molecule has 1 heterocycles. The third-order valence-corrected chi connectivity index (χ3v) is 2.87. The van der Waals surface area contributed by atoms with Gasteiger partial charge >= 0.3 is 5.69 Å². The predicted molar refractivity (Wildman–Crippen MR) is 64.4 cm³/mol. The molecule has 6 heteroatoms. The lowest BCUT2D eigenvalue weighted by molar-refractivity contribution is -0.385. The van der Waals surface area contributed by atoms with Gasteiger partial charge in [-0.05, 0) is 18.9 Å². The highest BCUT2D eigenvalue weighted by Gasteiger charge is 2.20. The van der Waals surface area contributed by atoms with E-state index in [4.69, 9.17) is 4.74 Å². The number of ether oxygens (including phenoxy) is 1. The van der Waals surface area contributed by atoms with Crippen LogP contribution in [-0.2, 0) is 4.79 Å². The number of hydrogen-bond acceptors (Lipinski definition) is 4. The highest BCUT2D eigenvalue weighted by molar-refractivity contribution is 5.78. The lowest BCUT2D eigenvalue weighted by Gasteiger charge is -2.15. The molecule has 18 heavy (non-hydrogen) atoms. The number of carbonyl (C=O) groups is 1. The number of nitro benzene ring substituents is 1. The molecule has 0 bridgehead atoms. The molecule has 1 aromatic carbocycles. The number of nitrogens with zero attached hydrogens (tertiary/aromatic N) is 2. The summed E-state index contributed by atoms with van der Waals surface area (Å²) in [5, 5.41) is 10.8. The maximum atomic E-state index is 11.7. The molecule has 0 atom stereocenters. The quantitative estimate of drug-likeness (QED) is 0.601. The zero-order valence-electron chi connectivity index (χ0n) is 9.87. The molecule has 0 N–H and O–H groups in total. The normalized spacial score (nSPS) is 14.6. The van der Waals surface area contributed by atoms with Crippen LogP contribution in [-0.4, -0.2) is 35.4 Å². The molecule has 6 nitrogen and oxygen atoms in total. The molecule has 1 aliphatic rings. The van der Waals surface area contributed by atoms with Crippen LogP contribution >= 0.6 is 0 Å². The average Bonchev–Trinajstić information content (AvgIpc) is 2.90. The minimum absolute atomic E-state index is 0.119. The molecule has 0 spiro atoms. The van der Waals surface area contributed by atoms with Crippen molar-refractivity contribution in [3.05, 3.63) is 34.4 Å². The van der Waals surface area contributed by atoms with Crippen molar-refractivity contribution in [2.45, 2.75) is 12.8 Å². The average molecular weight is 250 g/mol. The van der Waals surface area contributed by atoms with Gasteiger partial charge in [-0.1, -0.05) is 12.1 Å². The molecule has 1 saturated heterocycles. The Morgan fingerprint density at radius 1 is 1.33 bits per heavy atom. The van der Waals surface area contributed by atoms with Crippen LogP contribution in [0.5, 0.6) is 5.75 Å². The largest absolute Gasteiger partial charge is 0.477 e. The van der Waals surface area contributed by atoms with Crippen LogP contribution in [0.4, 0.5) is 5.69 Å². The van der Waals surface area contributed by atoms with E-state index in [2.05, 4.69) is 0 Å². The molecule has 96 valence electrons. The third-order valence-electron chi connectivity index (χ3n) is 2.87. The van der Waals surface area contributed by atoms with Crippen LogP contribution in [0, 0.1) is 10.1 Å². The van der Waals surface area contributed by atoms with E-state index in [0.29, 0.717) is 0 Å². The van der Waals surface area contributed by atoms with Crippen LogP contribution in [0.25, 0.3) is 0 Å². The van der Waals surface area contributed by atoms with Crippen molar-refractivity contribution in [2.75, 3.05) is 19.7 Å². The summed E-state index contributed by atoms with van der Waals surface area (Å²) in [5.41, 5.74) is -0.119. The summed E-state index contributed by atoms with van der Waals surface area (Å²) in [6.45, 7) is 1.35. The second-order valence-corrected chi connectivity index (χ2v) is 4.10. The first-order chi connectivity index (χ1) is 8.68. The fourth-order valence-electron chi connectivity index (χ4n) is 1.93. The summed E-state index contributed by atoms with van der Waals surface area (Å²) in [4.78, 5) is 23.7. The van der Waals surface area contributed by atoms with Gasteiger partial charge in [-0.25, -0.2) is 0 Å². The van der Waals surface area contributed by atoms with Crippen LogP contribution < -0.4 is 4.74 Å². The monoisotopic (exact) mass is 250 g/mol. The molecule has 2 rings (SSSR count). The Hall–Kier alpha value is -2.11. The summed E-state index contributed by atoms with van der Waals surface area (Å²) >= 11 is 0. The van der Waals surface area contributed by atoms with Gasteiger partial charge in [0.25, 0.3) is 5.91 Å². The van der Waals surface area contributed by atoms with Crippen LogP contribution in [0.15, 0.2) is 24.3 Å². The second-order valence-electron chi connectivity index (χ2n) is 4.10. The van der Waals surface area contributed by atoms with Crippen molar-refractivity contribution in [3.63, 3.8) is 0 Å². The van der Waals surface area contributed by atoms with E-state index in [-0.39, 0.29) is 24.0 Å². The molecular formula is C12H14N2O4. The molecule has 0 unspecified atom stereocenters. The second kappa shape index (κ2) is 5.48. The van der Waals surface area contributed by atoms with Gasteiger partial charge in [0, 0.05) is 19.2 Å². The Morgan fingerprint density at radius 2 is 2.00 bits per heavy atom. The fourth-order valence-corrected chi connectivity index (χ4v) is 1.93. The van der Waals surface area contributed by atoms with Gasteiger partial charge in [0.2, 0.25) is 0 Å². The molecule has 1 aromatic rings. The number of hydrogen-bond donors (Lipinski definition) is 0. The number of benzene rings is 1. The number of carbonyl (C=O) groups excluding carboxylic acids is 1. The maximum absolute atomic E-state index is 11.7. The maximum Gasteiger partial charge on any atom is 0.310 e. The molecule has 1 fully saturated rings. The van der Waals surface area contributed by atoms with E-state index in [1.165, 1.54) is 12.1 Å². The summed E-state index contributed by atoms with van der Waals surface area (Å²) < 4.78 is 5.24. The van der Waals surface area contributed by atoms with Gasteiger partial charge in [-0.3, -0.25) is 14.9 Å². The number of likely N-dealkylation sites (tertiary alicyclic amines) is 1. The zero-order valence-corrected chi connectivity index (χ0v) is 9.87. The molecule has 0 radical (unpaired) electrons. The van der Waals surface area contributed by atoms with Crippen LogP contribution in [0.1, 0.15) is 12.8 Å². The Bertz CT molecular complexity index is 455. The minimum Gasteiger partial charge on any atom is -0.477 e. The summed E-state index contributed by atoms with van der Waals surface area (Å²) in [7, 11) is 0. The summed E-state index contributed by atoms with van der Waals surface area (Å²) in [5.74, 6) is 0.0145. The number of rotatable bonds is 4. The topological polar surface area (TPSA) is 72.7 Å². The Balaban J connectivity index is 1.97. The molecule has 1 amide bonds. The highest BCUT2D eigenvalue weighted by atomic mass is 16.6. The van der Waals surface area contributed by atoms with Gasteiger partial charge in [-0.15, -0.1) is 0 Å². The van der Waals surface area contributed by atoms with Gasteiger partial charge in [-0.2, -0.15) is 0 Å².